The van der Waals surface area contributed by atoms with Crippen molar-refractivity contribution in [3.63, 3.8) is 0 Å². The molecule has 0 radical (unpaired) electrons. The molecule has 0 aliphatic carbocycles. The summed E-state index contributed by atoms with van der Waals surface area (Å²) in [7, 11) is 0. The summed E-state index contributed by atoms with van der Waals surface area (Å²) in [4.78, 5) is 15.8. The van der Waals surface area contributed by atoms with Gasteiger partial charge in [0.2, 0.25) is 0 Å². The molecule has 2 fully saturated rings. The summed E-state index contributed by atoms with van der Waals surface area (Å²) in [6.07, 6.45) is 2.75. The van der Waals surface area contributed by atoms with Crippen LogP contribution >= 0.6 is 0 Å². The number of aromatic carboxylic acids is 1. The van der Waals surface area contributed by atoms with Crippen LogP contribution in [0.3, 0.4) is 0 Å². The molecule has 2 aliphatic rings. The zero-order valence-electron chi connectivity index (χ0n) is 11.9. The highest BCUT2D eigenvalue weighted by molar-refractivity contribution is 5.84. The van der Waals surface area contributed by atoms with Crippen molar-refractivity contribution in [1.82, 2.24) is 24.8 Å². The maximum Gasteiger partial charge on any atom is 0.358 e. The largest absolute Gasteiger partial charge is 0.476 e. The summed E-state index contributed by atoms with van der Waals surface area (Å²) in [5, 5.41) is 16.4. The predicted octanol–water partition coefficient (Wildman–Crippen LogP) is 0.316. The van der Waals surface area contributed by atoms with Gasteiger partial charge in [-0.15, -0.1) is 5.10 Å². The van der Waals surface area contributed by atoms with Gasteiger partial charge >= 0.3 is 5.97 Å². The summed E-state index contributed by atoms with van der Waals surface area (Å²) in [5.74, 6) is -1.02. The van der Waals surface area contributed by atoms with Gasteiger partial charge in [-0.25, -0.2) is 9.48 Å². The number of nitrogens with zero attached hydrogens (tertiary/aromatic N) is 5. The van der Waals surface area contributed by atoms with E-state index in [1.807, 2.05) is 0 Å². The van der Waals surface area contributed by atoms with E-state index in [4.69, 9.17) is 5.11 Å². The standard InChI is InChI=1S/C13H21N5O2/c1-9(2)16-4-3-10(5-16)17-6-11(7-17)18-8-12(13(19)20)14-15-18/h8-11H,3-7H2,1-2H3,(H,19,20). The van der Waals surface area contributed by atoms with Gasteiger partial charge in [0.25, 0.3) is 0 Å². The van der Waals surface area contributed by atoms with Crippen molar-refractivity contribution in [2.45, 2.75) is 38.4 Å². The Bertz CT molecular complexity index is 495. The van der Waals surface area contributed by atoms with E-state index >= 15 is 0 Å². The minimum absolute atomic E-state index is 0.0234. The number of carboxylic acid groups (broad SMARTS) is 1. The van der Waals surface area contributed by atoms with Crippen LogP contribution in [0.15, 0.2) is 6.20 Å². The van der Waals surface area contributed by atoms with Gasteiger partial charge in [0.05, 0.1) is 12.2 Å². The van der Waals surface area contributed by atoms with Gasteiger partial charge in [-0.05, 0) is 20.3 Å². The fourth-order valence-corrected chi connectivity index (χ4v) is 3.04. The Morgan fingerprint density at radius 3 is 2.65 bits per heavy atom. The number of rotatable bonds is 4. The minimum atomic E-state index is -1.02. The molecular weight excluding hydrogens is 258 g/mol. The van der Waals surface area contributed by atoms with Crippen molar-refractivity contribution < 1.29 is 9.90 Å². The van der Waals surface area contributed by atoms with Crippen molar-refractivity contribution in [2.75, 3.05) is 26.2 Å². The van der Waals surface area contributed by atoms with Crippen molar-refractivity contribution in [2.24, 2.45) is 0 Å². The SMILES string of the molecule is CC(C)N1CCC(N2CC(n3cc(C(=O)O)nn3)C2)C1. The fourth-order valence-electron chi connectivity index (χ4n) is 3.04. The molecule has 0 spiro atoms. The van der Waals surface area contributed by atoms with Crippen LogP contribution in [0.5, 0.6) is 0 Å². The number of carbonyl (C=O) groups is 1. The maximum atomic E-state index is 10.8. The molecule has 1 N–H and O–H groups in total. The molecular formula is C13H21N5O2. The normalized spacial score (nSPS) is 25.2. The Balaban J connectivity index is 1.52. The van der Waals surface area contributed by atoms with Gasteiger partial charge in [0.1, 0.15) is 0 Å². The molecule has 2 saturated heterocycles. The molecule has 110 valence electrons. The fraction of sp³-hybridized carbons (Fsp3) is 0.769. The third-order valence-electron chi connectivity index (χ3n) is 4.44. The van der Waals surface area contributed by atoms with Gasteiger partial charge in [-0.1, -0.05) is 5.21 Å². The lowest BCUT2D eigenvalue weighted by Gasteiger charge is -2.42. The molecule has 0 aromatic carbocycles. The van der Waals surface area contributed by atoms with Crippen LogP contribution in [-0.4, -0.2) is 74.1 Å². The first-order valence-corrected chi connectivity index (χ1v) is 7.18. The van der Waals surface area contributed by atoms with Crippen molar-refractivity contribution in [3.05, 3.63) is 11.9 Å². The van der Waals surface area contributed by atoms with E-state index in [9.17, 15) is 4.79 Å². The van der Waals surface area contributed by atoms with Crippen LogP contribution in [0.25, 0.3) is 0 Å². The predicted molar refractivity (Wildman–Crippen MR) is 72.7 cm³/mol. The third-order valence-corrected chi connectivity index (χ3v) is 4.44. The minimum Gasteiger partial charge on any atom is -0.476 e. The first-order valence-electron chi connectivity index (χ1n) is 7.18. The second-order valence-electron chi connectivity index (χ2n) is 6.03. The molecule has 0 bridgehead atoms. The van der Waals surface area contributed by atoms with Gasteiger partial charge in [-0.3, -0.25) is 9.80 Å². The number of hydrogen-bond donors (Lipinski definition) is 1. The van der Waals surface area contributed by atoms with Crippen LogP contribution in [0.4, 0.5) is 0 Å². The molecule has 7 heteroatoms. The smallest absolute Gasteiger partial charge is 0.358 e. The summed E-state index contributed by atoms with van der Waals surface area (Å²) >= 11 is 0. The zero-order chi connectivity index (χ0) is 14.3. The molecule has 7 nitrogen and oxygen atoms in total. The summed E-state index contributed by atoms with van der Waals surface area (Å²) in [5.41, 5.74) is 0.0234. The van der Waals surface area contributed by atoms with Crippen LogP contribution in [-0.2, 0) is 0 Å². The molecule has 1 unspecified atom stereocenters. The Labute approximate surface area is 118 Å². The lowest BCUT2D eigenvalue weighted by Crippen LogP contribution is -2.53. The molecule has 0 saturated carbocycles. The van der Waals surface area contributed by atoms with Crippen molar-refractivity contribution >= 4 is 5.97 Å². The molecule has 1 aromatic heterocycles. The lowest BCUT2D eigenvalue weighted by atomic mass is 10.0. The second kappa shape index (κ2) is 5.14. The average Bonchev–Trinajstić information content (AvgIpc) is 2.95. The van der Waals surface area contributed by atoms with Gasteiger partial charge < -0.3 is 5.11 Å². The molecule has 3 rings (SSSR count). The molecule has 20 heavy (non-hydrogen) atoms. The second-order valence-corrected chi connectivity index (χ2v) is 6.03. The first kappa shape index (κ1) is 13.5. The summed E-state index contributed by atoms with van der Waals surface area (Å²) in [6, 6.07) is 1.52. The van der Waals surface area contributed by atoms with Gasteiger partial charge in [0.15, 0.2) is 5.69 Å². The molecule has 2 aliphatic heterocycles. The number of hydrogen-bond acceptors (Lipinski definition) is 5. The van der Waals surface area contributed by atoms with Gasteiger partial charge in [-0.2, -0.15) is 0 Å². The van der Waals surface area contributed by atoms with Crippen molar-refractivity contribution in [1.29, 1.82) is 0 Å². The average molecular weight is 279 g/mol. The number of carboxylic acids is 1. The van der Waals surface area contributed by atoms with E-state index in [1.165, 1.54) is 19.2 Å². The van der Waals surface area contributed by atoms with E-state index in [0.717, 1.165) is 19.6 Å². The zero-order valence-corrected chi connectivity index (χ0v) is 11.9. The molecule has 0 amide bonds. The van der Waals surface area contributed by atoms with Crippen LogP contribution in [0.2, 0.25) is 0 Å². The Hall–Kier alpha value is -1.47. The highest BCUT2D eigenvalue weighted by atomic mass is 16.4. The Kier molecular flexibility index (Phi) is 3.47. The number of aromatic nitrogens is 3. The Morgan fingerprint density at radius 2 is 2.10 bits per heavy atom. The molecule has 3 heterocycles. The van der Waals surface area contributed by atoms with E-state index in [-0.39, 0.29) is 11.7 Å². The highest BCUT2D eigenvalue weighted by Gasteiger charge is 2.37. The quantitative estimate of drug-likeness (QED) is 0.855. The van der Waals surface area contributed by atoms with Crippen LogP contribution < -0.4 is 0 Å². The third kappa shape index (κ3) is 2.43. The van der Waals surface area contributed by atoms with E-state index < -0.39 is 5.97 Å². The monoisotopic (exact) mass is 279 g/mol. The van der Waals surface area contributed by atoms with Crippen molar-refractivity contribution in [3.8, 4) is 0 Å². The highest BCUT2D eigenvalue weighted by Crippen LogP contribution is 2.27. The van der Waals surface area contributed by atoms with Crippen LogP contribution in [0.1, 0.15) is 36.8 Å². The number of likely N-dealkylation sites (tertiary alicyclic amines) is 2. The molecule has 1 atom stereocenters. The lowest BCUT2D eigenvalue weighted by molar-refractivity contribution is 0.0533. The first-order chi connectivity index (χ1) is 9.54. The van der Waals surface area contributed by atoms with E-state index in [2.05, 4.69) is 34.0 Å². The van der Waals surface area contributed by atoms with Crippen LogP contribution in [0, 0.1) is 0 Å². The Morgan fingerprint density at radius 1 is 1.35 bits per heavy atom. The van der Waals surface area contributed by atoms with E-state index in [0.29, 0.717) is 12.1 Å². The summed E-state index contributed by atoms with van der Waals surface area (Å²) < 4.78 is 1.69. The summed E-state index contributed by atoms with van der Waals surface area (Å²) in [6.45, 7) is 8.68. The molecule has 1 aromatic rings. The maximum absolute atomic E-state index is 10.8. The topological polar surface area (TPSA) is 74.5 Å². The van der Waals surface area contributed by atoms with E-state index in [1.54, 1.807) is 4.68 Å². The van der Waals surface area contributed by atoms with Gasteiger partial charge in [0, 0.05) is 38.3 Å².